The van der Waals surface area contributed by atoms with E-state index in [1.54, 1.807) is 43.3 Å². The number of morpholine rings is 1. The lowest BCUT2D eigenvalue weighted by molar-refractivity contribution is -0.384. The third-order valence-electron chi connectivity index (χ3n) is 5.81. The summed E-state index contributed by atoms with van der Waals surface area (Å²) < 4.78 is 40.2. The Bertz CT molecular complexity index is 1380. The lowest BCUT2D eigenvalue weighted by Crippen LogP contribution is -2.40. The van der Waals surface area contributed by atoms with Crippen LogP contribution in [0.25, 0.3) is 5.69 Å². The Morgan fingerprint density at radius 3 is 2.51 bits per heavy atom. The first-order valence-corrected chi connectivity index (χ1v) is 12.4. The Hall–Kier alpha value is -3.54. The number of non-ortho nitro benzene ring substituents is 1. The highest BCUT2D eigenvalue weighted by atomic mass is 32.2. The van der Waals surface area contributed by atoms with E-state index in [1.165, 1.54) is 22.5 Å². The number of nitro benzene ring substituents is 1. The highest BCUT2D eigenvalue weighted by Gasteiger charge is 2.27. The second-order valence-electron chi connectivity index (χ2n) is 8.10. The monoisotopic (exact) mass is 499 g/mol. The van der Waals surface area contributed by atoms with E-state index in [2.05, 4.69) is 0 Å². The number of benzene rings is 2. The van der Waals surface area contributed by atoms with Crippen LogP contribution in [0.15, 0.2) is 59.5 Å². The molecule has 4 rings (SSSR count). The van der Waals surface area contributed by atoms with E-state index in [0.29, 0.717) is 43.2 Å². The number of ether oxygens (including phenoxy) is 2. The topological polar surface area (TPSA) is 121 Å². The van der Waals surface area contributed by atoms with E-state index in [0.717, 1.165) is 5.69 Å². The van der Waals surface area contributed by atoms with E-state index < -0.39 is 14.9 Å². The zero-order chi connectivity index (χ0) is 25.2. The van der Waals surface area contributed by atoms with E-state index in [4.69, 9.17) is 9.47 Å². The van der Waals surface area contributed by atoms with E-state index in [9.17, 15) is 23.3 Å². The molecule has 0 spiro atoms. The van der Waals surface area contributed by atoms with Crippen molar-refractivity contribution in [3.8, 4) is 11.4 Å². The number of aryl methyl sites for hydroxylation is 1. The number of nitrogens with zero attached hydrogens (tertiary/aromatic N) is 3. The lowest BCUT2D eigenvalue weighted by Gasteiger charge is -2.26. The van der Waals surface area contributed by atoms with Gasteiger partial charge >= 0.3 is 0 Å². The van der Waals surface area contributed by atoms with Crippen molar-refractivity contribution in [1.82, 2.24) is 8.87 Å². The Morgan fingerprint density at radius 2 is 1.80 bits per heavy atom. The zero-order valence-electron chi connectivity index (χ0n) is 19.3. The van der Waals surface area contributed by atoms with Gasteiger partial charge in [0.1, 0.15) is 5.75 Å². The summed E-state index contributed by atoms with van der Waals surface area (Å²) in [5, 5.41) is 10.9. The molecule has 1 fully saturated rings. The summed E-state index contributed by atoms with van der Waals surface area (Å²) in [6.45, 7) is 4.63. The molecular weight excluding hydrogens is 474 g/mol. The summed E-state index contributed by atoms with van der Waals surface area (Å²) in [5.74, 6) is -0.0738. The van der Waals surface area contributed by atoms with Gasteiger partial charge in [-0.25, -0.2) is 8.42 Å². The molecular formula is C24H25N3O7S. The van der Waals surface area contributed by atoms with Gasteiger partial charge in [0.05, 0.1) is 29.1 Å². The Balaban J connectivity index is 1.57. The molecule has 2 heterocycles. The van der Waals surface area contributed by atoms with Gasteiger partial charge in [0.15, 0.2) is 6.61 Å². The third kappa shape index (κ3) is 5.11. The first-order chi connectivity index (χ1) is 16.7. The quantitative estimate of drug-likeness (QED) is 0.265. The third-order valence-corrected chi connectivity index (χ3v) is 7.71. The first-order valence-electron chi connectivity index (χ1n) is 11.0. The number of Topliss-reactive ketones (excluding diaryl/α,β-unsaturated/α-hetero) is 1. The molecule has 1 aliphatic rings. The Morgan fingerprint density at radius 1 is 1.09 bits per heavy atom. The van der Waals surface area contributed by atoms with E-state index >= 15 is 0 Å². The van der Waals surface area contributed by atoms with Gasteiger partial charge in [0.2, 0.25) is 15.8 Å². The number of sulfonamides is 1. The summed E-state index contributed by atoms with van der Waals surface area (Å²) in [5.41, 5.74) is 2.31. The predicted octanol–water partition coefficient (Wildman–Crippen LogP) is 3.28. The number of carbonyl (C=O) groups is 1. The van der Waals surface area contributed by atoms with Crippen molar-refractivity contribution in [3.05, 3.63) is 81.7 Å². The van der Waals surface area contributed by atoms with Gasteiger partial charge < -0.3 is 14.0 Å². The van der Waals surface area contributed by atoms with Crippen molar-refractivity contribution in [3.63, 3.8) is 0 Å². The summed E-state index contributed by atoms with van der Waals surface area (Å²) >= 11 is 0. The average Bonchev–Trinajstić information content (AvgIpc) is 3.17. The van der Waals surface area contributed by atoms with Crippen LogP contribution in [0.2, 0.25) is 0 Å². The minimum Gasteiger partial charge on any atom is -0.485 e. The number of aromatic nitrogens is 1. The molecule has 0 radical (unpaired) electrons. The van der Waals surface area contributed by atoms with Gasteiger partial charge in [-0.1, -0.05) is 12.1 Å². The molecule has 184 valence electrons. The second kappa shape index (κ2) is 9.98. The second-order valence-corrected chi connectivity index (χ2v) is 10.0. The first kappa shape index (κ1) is 24.6. The Labute approximate surface area is 202 Å². The van der Waals surface area contributed by atoms with Crippen LogP contribution in [0.5, 0.6) is 5.75 Å². The number of hydrogen-bond donors (Lipinski definition) is 0. The van der Waals surface area contributed by atoms with Crippen molar-refractivity contribution < 1.29 is 27.6 Å². The van der Waals surface area contributed by atoms with Gasteiger partial charge in [0, 0.05) is 41.8 Å². The SMILES string of the molecule is Cc1cc(C(=O)COc2cccc([N+](=O)[O-])c2)c(C)n1-c1cccc(S(=O)(=O)N2CCOCC2)c1. The molecule has 0 aliphatic carbocycles. The molecule has 10 nitrogen and oxygen atoms in total. The van der Waals surface area contributed by atoms with Crippen LogP contribution in [-0.4, -0.2) is 60.9 Å². The average molecular weight is 500 g/mol. The molecule has 11 heteroatoms. The molecule has 2 aromatic carbocycles. The van der Waals surface area contributed by atoms with Crippen molar-refractivity contribution in [2.45, 2.75) is 18.7 Å². The molecule has 0 N–H and O–H groups in total. The molecule has 0 saturated carbocycles. The standard InChI is InChI=1S/C24H25N3O7S/c1-17-13-23(24(28)16-34-21-7-3-6-20(14-21)27(29)30)18(2)26(17)19-5-4-8-22(15-19)35(31,32)25-9-11-33-12-10-25/h3-8,13-15H,9-12,16H2,1-2H3. The number of nitro groups is 1. The molecule has 0 atom stereocenters. The predicted molar refractivity (Wildman–Crippen MR) is 128 cm³/mol. The smallest absolute Gasteiger partial charge is 0.273 e. The van der Waals surface area contributed by atoms with Crippen LogP contribution in [0.3, 0.4) is 0 Å². The van der Waals surface area contributed by atoms with Crippen LogP contribution >= 0.6 is 0 Å². The number of carbonyl (C=O) groups excluding carboxylic acids is 1. The van der Waals surface area contributed by atoms with Crippen LogP contribution in [0.1, 0.15) is 21.7 Å². The van der Waals surface area contributed by atoms with Crippen molar-refractivity contribution in [1.29, 1.82) is 0 Å². The van der Waals surface area contributed by atoms with E-state index in [-0.39, 0.29) is 28.7 Å². The van der Waals surface area contributed by atoms with Gasteiger partial charge in [0.25, 0.3) is 5.69 Å². The van der Waals surface area contributed by atoms with Crippen LogP contribution in [0, 0.1) is 24.0 Å². The fourth-order valence-corrected chi connectivity index (χ4v) is 5.52. The van der Waals surface area contributed by atoms with Gasteiger partial charge in [-0.05, 0) is 44.2 Å². The summed E-state index contributed by atoms with van der Waals surface area (Å²) in [4.78, 5) is 23.5. The normalized spacial score (nSPS) is 14.6. The van der Waals surface area contributed by atoms with Gasteiger partial charge in [-0.15, -0.1) is 0 Å². The molecule has 1 saturated heterocycles. The van der Waals surface area contributed by atoms with Crippen LogP contribution in [0.4, 0.5) is 5.69 Å². The molecule has 1 aromatic heterocycles. The number of hydrogen-bond acceptors (Lipinski definition) is 7. The number of rotatable bonds is 8. The maximum absolute atomic E-state index is 13.1. The van der Waals surface area contributed by atoms with Crippen molar-refractivity contribution in [2.75, 3.05) is 32.9 Å². The van der Waals surface area contributed by atoms with Crippen molar-refractivity contribution >= 4 is 21.5 Å². The summed E-state index contributed by atoms with van der Waals surface area (Å²) in [6.07, 6.45) is 0. The largest absolute Gasteiger partial charge is 0.485 e. The molecule has 1 aliphatic heterocycles. The highest BCUT2D eigenvalue weighted by molar-refractivity contribution is 7.89. The summed E-state index contributed by atoms with van der Waals surface area (Å²) in [6, 6.07) is 14.0. The highest BCUT2D eigenvalue weighted by Crippen LogP contribution is 2.26. The fraction of sp³-hybridized carbons (Fsp3) is 0.292. The van der Waals surface area contributed by atoms with E-state index in [1.807, 2.05) is 11.5 Å². The molecule has 0 unspecified atom stereocenters. The maximum atomic E-state index is 13.1. The van der Waals surface area contributed by atoms with Gasteiger partial charge in [-0.3, -0.25) is 14.9 Å². The minimum absolute atomic E-state index is 0.125. The molecule has 0 amide bonds. The van der Waals surface area contributed by atoms with Crippen LogP contribution in [-0.2, 0) is 14.8 Å². The number of ketones is 1. The molecule has 35 heavy (non-hydrogen) atoms. The lowest BCUT2D eigenvalue weighted by atomic mass is 10.1. The van der Waals surface area contributed by atoms with Crippen molar-refractivity contribution in [2.24, 2.45) is 0 Å². The summed E-state index contributed by atoms with van der Waals surface area (Å²) in [7, 11) is -3.67. The van der Waals surface area contributed by atoms with Gasteiger partial charge in [-0.2, -0.15) is 4.31 Å². The molecule has 3 aromatic rings. The Kier molecular flexibility index (Phi) is 7.01. The molecule has 0 bridgehead atoms. The maximum Gasteiger partial charge on any atom is 0.273 e. The fourth-order valence-electron chi connectivity index (χ4n) is 4.07. The zero-order valence-corrected chi connectivity index (χ0v) is 20.2. The minimum atomic E-state index is -3.67. The van der Waals surface area contributed by atoms with Crippen LogP contribution < -0.4 is 4.74 Å².